The Morgan fingerprint density at radius 2 is 2.05 bits per heavy atom. The Kier molecular flexibility index (Phi) is 4.00. The molecule has 0 heterocycles. The quantitative estimate of drug-likeness (QED) is 0.600. The number of halogens is 1. The number of amides is 1. The van der Waals surface area contributed by atoms with E-state index in [0.717, 1.165) is 0 Å². The lowest BCUT2D eigenvalue weighted by Gasteiger charge is -2.10. The van der Waals surface area contributed by atoms with E-state index in [2.05, 4.69) is 5.32 Å². The first-order valence-electron chi connectivity index (χ1n) is 5.74. The number of carbonyl (C=O) groups excluding carboxylic acids is 1. The molecule has 0 saturated carbocycles. The number of anilines is 2. The van der Waals surface area contributed by atoms with E-state index in [1.807, 2.05) is 0 Å². The number of nitrogens with one attached hydrogen (secondary N) is 1. The summed E-state index contributed by atoms with van der Waals surface area (Å²) >= 11 is 5.91. The molecule has 0 aliphatic carbocycles. The van der Waals surface area contributed by atoms with Crippen LogP contribution >= 0.6 is 11.6 Å². The van der Waals surface area contributed by atoms with Crippen LogP contribution < -0.4 is 15.8 Å². The van der Waals surface area contributed by atoms with Crippen molar-refractivity contribution in [2.24, 2.45) is 0 Å². The molecule has 5 nitrogen and oxygen atoms in total. The molecule has 6 heteroatoms. The fourth-order valence-electron chi connectivity index (χ4n) is 1.68. The van der Waals surface area contributed by atoms with Gasteiger partial charge in [-0.2, -0.15) is 0 Å². The molecule has 1 amide bonds. The highest BCUT2D eigenvalue weighted by molar-refractivity contribution is 6.32. The second-order valence-electron chi connectivity index (χ2n) is 4.08. The number of nitrogen functional groups attached to an aromatic ring is 1. The van der Waals surface area contributed by atoms with Gasteiger partial charge in [-0.3, -0.25) is 4.79 Å². The maximum absolute atomic E-state index is 12.1. The fourth-order valence-corrected chi connectivity index (χ4v) is 1.87. The summed E-state index contributed by atoms with van der Waals surface area (Å²) in [6.45, 7) is 0. The molecule has 0 radical (unpaired) electrons. The molecule has 0 atom stereocenters. The summed E-state index contributed by atoms with van der Waals surface area (Å²) in [5.74, 6) is -0.00541. The largest absolute Gasteiger partial charge is 0.508 e. The minimum atomic E-state index is -0.428. The molecule has 2 aromatic carbocycles. The number of methoxy groups -OCH3 is 1. The summed E-state index contributed by atoms with van der Waals surface area (Å²) in [5.41, 5.74) is 6.69. The number of phenols is 1. The van der Waals surface area contributed by atoms with Gasteiger partial charge in [0.1, 0.15) is 11.5 Å². The Balaban J connectivity index is 2.25. The summed E-state index contributed by atoms with van der Waals surface area (Å²) in [6.07, 6.45) is 0. The van der Waals surface area contributed by atoms with Crippen LogP contribution in [0.2, 0.25) is 5.02 Å². The lowest BCUT2D eigenvalue weighted by molar-refractivity contribution is 0.102. The van der Waals surface area contributed by atoms with Crippen LogP contribution in [-0.2, 0) is 0 Å². The van der Waals surface area contributed by atoms with E-state index in [1.54, 1.807) is 18.2 Å². The number of phenolic OH excluding ortho intramolecular Hbond substituents is 1. The minimum absolute atomic E-state index is 0.0296. The van der Waals surface area contributed by atoms with Gasteiger partial charge in [0.05, 0.1) is 17.7 Å². The van der Waals surface area contributed by atoms with Gasteiger partial charge >= 0.3 is 0 Å². The molecule has 104 valence electrons. The second-order valence-corrected chi connectivity index (χ2v) is 4.48. The van der Waals surface area contributed by atoms with Gasteiger partial charge in [0.15, 0.2) is 0 Å². The fraction of sp³-hybridized carbons (Fsp3) is 0.0714. The SMILES string of the molecule is COc1cc(NC(=O)c2cc(O)ccc2N)ccc1Cl. The van der Waals surface area contributed by atoms with Gasteiger partial charge in [0.2, 0.25) is 0 Å². The van der Waals surface area contributed by atoms with Crippen molar-refractivity contribution in [2.45, 2.75) is 0 Å². The number of aromatic hydroxyl groups is 1. The topological polar surface area (TPSA) is 84.6 Å². The molecule has 20 heavy (non-hydrogen) atoms. The van der Waals surface area contributed by atoms with Crippen LogP contribution in [0, 0.1) is 0 Å². The molecular weight excluding hydrogens is 280 g/mol. The van der Waals surface area contributed by atoms with Gasteiger partial charge in [0.25, 0.3) is 5.91 Å². The zero-order valence-electron chi connectivity index (χ0n) is 10.7. The first-order chi connectivity index (χ1) is 9.51. The zero-order valence-corrected chi connectivity index (χ0v) is 11.4. The lowest BCUT2D eigenvalue weighted by Crippen LogP contribution is -2.14. The normalized spacial score (nSPS) is 10.1. The number of carbonyl (C=O) groups is 1. The van der Waals surface area contributed by atoms with E-state index in [-0.39, 0.29) is 17.0 Å². The van der Waals surface area contributed by atoms with Crippen LogP contribution in [-0.4, -0.2) is 18.1 Å². The number of benzene rings is 2. The maximum atomic E-state index is 12.1. The number of hydrogen-bond donors (Lipinski definition) is 3. The van der Waals surface area contributed by atoms with Gasteiger partial charge in [-0.25, -0.2) is 0 Å². The van der Waals surface area contributed by atoms with E-state index < -0.39 is 5.91 Å². The Labute approximate surface area is 120 Å². The van der Waals surface area contributed by atoms with Crippen molar-refractivity contribution in [3.63, 3.8) is 0 Å². The third kappa shape index (κ3) is 2.95. The summed E-state index contributed by atoms with van der Waals surface area (Å²) < 4.78 is 5.07. The van der Waals surface area contributed by atoms with E-state index in [0.29, 0.717) is 16.5 Å². The van der Waals surface area contributed by atoms with E-state index >= 15 is 0 Å². The molecule has 0 unspecified atom stereocenters. The van der Waals surface area contributed by atoms with Crippen LogP contribution in [0.3, 0.4) is 0 Å². The van der Waals surface area contributed by atoms with Crippen molar-refractivity contribution < 1.29 is 14.6 Å². The number of ether oxygens (including phenoxy) is 1. The summed E-state index contributed by atoms with van der Waals surface area (Å²) in [4.78, 5) is 12.1. The van der Waals surface area contributed by atoms with Crippen molar-refractivity contribution in [1.82, 2.24) is 0 Å². The van der Waals surface area contributed by atoms with Crippen LogP contribution in [0.1, 0.15) is 10.4 Å². The summed E-state index contributed by atoms with van der Waals surface area (Å²) in [5, 5.41) is 12.5. The Morgan fingerprint density at radius 1 is 1.30 bits per heavy atom. The molecule has 0 saturated heterocycles. The Morgan fingerprint density at radius 3 is 2.75 bits per heavy atom. The smallest absolute Gasteiger partial charge is 0.257 e. The highest BCUT2D eigenvalue weighted by Gasteiger charge is 2.12. The van der Waals surface area contributed by atoms with Crippen molar-refractivity contribution >= 4 is 28.9 Å². The molecule has 0 aliphatic rings. The zero-order chi connectivity index (χ0) is 14.7. The van der Waals surface area contributed by atoms with Crippen LogP contribution in [0.4, 0.5) is 11.4 Å². The Hall–Kier alpha value is -2.40. The van der Waals surface area contributed by atoms with E-state index in [4.69, 9.17) is 22.1 Å². The average Bonchev–Trinajstić information content (AvgIpc) is 2.43. The number of rotatable bonds is 3. The minimum Gasteiger partial charge on any atom is -0.508 e. The highest BCUT2D eigenvalue weighted by atomic mass is 35.5. The van der Waals surface area contributed by atoms with Crippen molar-refractivity contribution in [2.75, 3.05) is 18.2 Å². The van der Waals surface area contributed by atoms with Gasteiger partial charge in [-0.15, -0.1) is 0 Å². The van der Waals surface area contributed by atoms with Gasteiger partial charge in [0, 0.05) is 17.4 Å². The highest BCUT2D eigenvalue weighted by Crippen LogP contribution is 2.28. The molecular formula is C14H13ClN2O3. The molecule has 4 N–H and O–H groups in total. The lowest BCUT2D eigenvalue weighted by atomic mass is 10.1. The molecule has 0 spiro atoms. The molecule has 0 fully saturated rings. The predicted molar refractivity (Wildman–Crippen MR) is 78.5 cm³/mol. The second kappa shape index (κ2) is 5.71. The van der Waals surface area contributed by atoms with Crippen molar-refractivity contribution in [3.8, 4) is 11.5 Å². The number of hydrogen-bond acceptors (Lipinski definition) is 4. The number of nitrogens with two attached hydrogens (primary N) is 1. The molecule has 2 aromatic rings. The van der Waals surface area contributed by atoms with Gasteiger partial charge in [-0.1, -0.05) is 11.6 Å². The first kappa shape index (κ1) is 14.0. The van der Waals surface area contributed by atoms with E-state index in [9.17, 15) is 9.90 Å². The predicted octanol–water partition coefficient (Wildman–Crippen LogP) is 2.89. The van der Waals surface area contributed by atoms with Crippen molar-refractivity contribution in [1.29, 1.82) is 0 Å². The first-order valence-corrected chi connectivity index (χ1v) is 6.12. The van der Waals surface area contributed by atoms with Crippen LogP contribution in [0.15, 0.2) is 36.4 Å². The standard InChI is InChI=1S/C14H13ClN2O3/c1-20-13-6-8(2-4-11(13)15)17-14(19)10-7-9(18)3-5-12(10)16/h2-7,18H,16H2,1H3,(H,17,19). The van der Waals surface area contributed by atoms with Gasteiger partial charge < -0.3 is 20.9 Å². The van der Waals surface area contributed by atoms with Crippen LogP contribution in [0.5, 0.6) is 11.5 Å². The third-order valence-corrected chi connectivity index (χ3v) is 3.00. The maximum Gasteiger partial charge on any atom is 0.257 e. The molecule has 0 bridgehead atoms. The molecule has 2 rings (SSSR count). The van der Waals surface area contributed by atoms with Crippen LogP contribution in [0.25, 0.3) is 0 Å². The van der Waals surface area contributed by atoms with E-state index in [1.165, 1.54) is 25.3 Å². The molecule has 0 aromatic heterocycles. The summed E-state index contributed by atoms with van der Waals surface area (Å²) in [7, 11) is 1.49. The summed E-state index contributed by atoms with van der Waals surface area (Å²) in [6, 6.07) is 9.03. The third-order valence-electron chi connectivity index (χ3n) is 2.69. The average molecular weight is 293 g/mol. The van der Waals surface area contributed by atoms with Crippen molar-refractivity contribution in [3.05, 3.63) is 47.0 Å². The monoisotopic (exact) mass is 292 g/mol. The van der Waals surface area contributed by atoms with Gasteiger partial charge in [-0.05, 0) is 30.3 Å². The molecule has 0 aliphatic heterocycles. The Bertz CT molecular complexity index is 659.